The summed E-state index contributed by atoms with van der Waals surface area (Å²) in [6, 6.07) is 8.20. The van der Waals surface area contributed by atoms with Crippen LogP contribution < -0.4 is 4.74 Å². The van der Waals surface area contributed by atoms with Crippen molar-refractivity contribution in [3.05, 3.63) is 53.9 Å². The lowest BCUT2D eigenvalue weighted by molar-refractivity contribution is -0.127. The molecular formula is C20H25N3O2. The summed E-state index contributed by atoms with van der Waals surface area (Å²) in [7, 11) is 3.58. The second-order valence-electron chi connectivity index (χ2n) is 6.57. The maximum absolute atomic E-state index is 12.3. The number of para-hydroxylation sites is 1. The van der Waals surface area contributed by atoms with Gasteiger partial charge in [-0.05, 0) is 42.9 Å². The van der Waals surface area contributed by atoms with Crippen molar-refractivity contribution in [1.29, 1.82) is 0 Å². The van der Waals surface area contributed by atoms with Crippen LogP contribution in [0.2, 0.25) is 0 Å². The molecule has 0 bridgehead atoms. The highest BCUT2D eigenvalue weighted by molar-refractivity contribution is 5.91. The van der Waals surface area contributed by atoms with E-state index in [0.29, 0.717) is 5.92 Å². The van der Waals surface area contributed by atoms with Crippen molar-refractivity contribution in [2.75, 3.05) is 20.2 Å². The van der Waals surface area contributed by atoms with Crippen LogP contribution in [0.3, 0.4) is 0 Å². The molecule has 1 fully saturated rings. The van der Waals surface area contributed by atoms with E-state index >= 15 is 0 Å². The number of likely N-dealkylation sites (tertiary alicyclic amines) is 1. The van der Waals surface area contributed by atoms with Crippen molar-refractivity contribution >= 4 is 12.0 Å². The van der Waals surface area contributed by atoms with Crippen LogP contribution in [0.4, 0.5) is 0 Å². The number of nitrogens with zero attached hydrogens (tertiary/aromatic N) is 3. The topological polar surface area (TPSA) is 47.4 Å². The van der Waals surface area contributed by atoms with Gasteiger partial charge in [-0.15, -0.1) is 0 Å². The highest BCUT2D eigenvalue weighted by Crippen LogP contribution is 2.26. The summed E-state index contributed by atoms with van der Waals surface area (Å²) in [5.41, 5.74) is 2.20. The normalized spacial score (nSPS) is 15.7. The summed E-state index contributed by atoms with van der Waals surface area (Å²) in [4.78, 5) is 14.3. The Morgan fingerprint density at radius 3 is 2.76 bits per heavy atom. The van der Waals surface area contributed by atoms with Gasteiger partial charge in [0, 0.05) is 38.0 Å². The molecule has 5 heteroatoms. The van der Waals surface area contributed by atoms with Gasteiger partial charge in [0.2, 0.25) is 5.91 Å². The van der Waals surface area contributed by atoms with Crippen LogP contribution in [0.1, 0.15) is 24.0 Å². The first kappa shape index (κ1) is 17.3. The molecule has 25 heavy (non-hydrogen) atoms. The van der Waals surface area contributed by atoms with Crippen molar-refractivity contribution in [2.45, 2.75) is 19.3 Å². The molecule has 3 rings (SSSR count). The molecule has 0 N–H and O–H groups in total. The van der Waals surface area contributed by atoms with E-state index in [0.717, 1.165) is 43.7 Å². The highest BCUT2D eigenvalue weighted by Gasteiger charge is 2.22. The molecule has 2 aromatic rings. The smallest absolute Gasteiger partial charge is 0.246 e. The van der Waals surface area contributed by atoms with Crippen LogP contribution in [-0.2, 0) is 18.3 Å². The third-order valence-corrected chi connectivity index (χ3v) is 4.77. The molecule has 0 saturated carbocycles. The Morgan fingerprint density at radius 2 is 2.08 bits per heavy atom. The number of methoxy groups -OCH3 is 1. The number of hydrogen-bond acceptors (Lipinski definition) is 3. The van der Waals surface area contributed by atoms with E-state index < -0.39 is 0 Å². The van der Waals surface area contributed by atoms with E-state index in [-0.39, 0.29) is 5.91 Å². The number of piperidine rings is 1. The predicted molar refractivity (Wildman–Crippen MR) is 98.2 cm³/mol. The van der Waals surface area contributed by atoms with E-state index in [1.165, 1.54) is 5.56 Å². The molecule has 1 aliphatic rings. The van der Waals surface area contributed by atoms with Gasteiger partial charge in [-0.25, -0.2) is 0 Å². The number of ether oxygens (including phenoxy) is 1. The molecule has 0 atom stereocenters. The van der Waals surface area contributed by atoms with Crippen molar-refractivity contribution in [3.8, 4) is 5.75 Å². The van der Waals surface area contributed by atoms with E-state index in [1.54, 1.807) is 24.1 Å². The summed E-state index contributed by atoms with van der Waals surface area (Å²) in [6.45, 7) is 1.63. The molecule has 0 unspecified atom stereocenters. The summed E-state index contributed by atoms with van der Waals surface area (Å²) < 4.78 is 7.17. The maximum atomic E-state index is 12.3. The zero-order valence-electron chi connectivity index (χ0n) is 14.9. The Balaban J connectivity index is 1.51. The average Bonchev–Trinajstić information content (AvgIpc) is 3.06. The number of aryl methyl sites for hydroxylation is 1. The van der Waals surface area contributed by atoms with Crippen LogP contribution in [0.25, 0.3) is 6.08 Å². The van der Waals surface area contributed by atoms with Gasteiger partial charge >= 0.3 is 0 Å². The largest absolute Gasteiger partial charge is 0.496 e. The summed E-state index contributed by atoms with van der Waals surface area (Å²) in [5.74, 6) is 1.64. The fourth-order valence-corrected chi connectivity index (χ4v) is 3.34. The van der Waals surface area contributed by atoms with Crippen molar-refractivity contribution < 1.29 is 9.53 Å². The van der Waals surface area contributed by atoms with Crippen LogP contribution in [0.5, 0.6) is 5.75 Å². The molecule has 1 aliphatic heterocycles. The number of benzene rings is 1. The lowest BCUT2D eigenvalue weighted by atomic mass is 9.90. The van der Waals surface area contributed by atoms with Gasteiger partial charge in [-0.3, -0.25) is 9.48 Å². The van der Waals surface area contributed by atoms with Gasteiger partial charge < -0.3 is 9.64 Å². The summed E-state index contributed by atoms with van der Waals surface area (Å²) >= 11 is 0. The fourth-order valence-electron chi connectivity index (χ4n) is 3.34. The lowest BCUT2D eigenvalue weighted by Crippen LogP contribution is -2.38. The zero-order chi connectivity index (χ0) is 17.6. The molecule has 0 radical (unpaired) electrons. The van der Waals surface area contributed by atoms with Gasteiger partial charge in [0.05, 0.1) is 13.3 Å². The number of amides is 1. The van der Waals surface area contributed by atoms with Gasteiger partial charge in [-0.2, -0.15) is 5.10 Å². The summed E-state index contributed by atoms with van der Waals surface area (Å²) in [5, 5.41) is 4.10. The van der Waals surface area contributed by atoms with E-state index in [2.05, 4.69) is 17.2 Å². The lowest BCUT2D eigenvalue weighted by Gasteiger charge is -2.31. The highest BCUT2D eigenvalue weighted by atomic mass is 16.5. The molecule has 2 heterocycles. The monoisotopic (exact) mass is 339 g/mol. The van der Waals surface area contributed by atoms with Crippen LogP contribution in [0, 0.1) is 5.92 Å². The van der Waals surface area contributed by atoms with Crippen molar-refractivity contribution in [2.24, 2.45) is 13.0 Å². The quantitative estimate of drug-likeness (QED) is 0.787. The van der Waals surface area contributed by atoms with E-state index in [1.807, 2.05) is 36.4 Å². The third kappa shape index (κ3) is 4.50. The van der Waals surface area contributed by atoms with Gasteiger partial charge in [0.1, 0.15) is 5.75 Å². The molecule has 132 valence electrons. The Hall–Kier alpha value is -2.56. The first-order valence-corrected chi connectivity index (χ1v) is 8.73. The maximum Gasteiger partial charge on any atom is 0.246 e. The minimum absolute atomic E-state index is 0.0830. The molecule has 1 aromatic heterocycles. The molecule has 1 saturated heterocycles. The van der Waals surface area contributed by atoms with Crippen molar-refractivity contribution in [3.63, 3.8) is 0 Å². The Kier molecular flexibility index (Phi) is 5.53. The Labute approximate surface area is 148 Å². The van der Waals surface area contributed by atoms with Crippen LogP contribution in [0.15, 0.2) is 42.7 Å². The second kappa shape index (κ2) is 8.01. The Bertz CT molecular complexity index is 743. The fraction of sp³-hybridized carbons (Fsp3) is 0.400. The molecule has 5 nitrogen and oxygen atoms in total. The molecule has 0 aliphatic carbocycles. The number of carbonyl (C=O) groups is 1. The van der Waals surface area contributed by atoms with Gasteiger partial charge in [0.25, 0.3) is 0 Å². The first-order chi connectivity index (χ1) is 12.2. The van der Waals surface area contributed by atoms with E-state index in [4.69, 9.17) is 4.74 Å². The predicted octanol–water partition coefficient (Wildman–Crippen LogP) is 2.92. The zero-order valence-corrected chi connectivity index (χ0v) is 14.9. The number of aromatic nitrogens is 2. The number of rotatable bonds is 5. The second-order valence-corrected chi connectivity index (χ2v) is 6.57. The summed E-state index contributed by atoms with van der Waals surface area (Å²) in [6.07, 6.45) is 10.2. The van der Waals surface area contributed by atoms with Gasteiger partial charge in [0.15, 0.2) is 0 Å². The molecule has 1 amide bonds. The first-order valence-electron chi connectivity index (χ1n) is 8.73. The standard InChI is InChI=1S/C20H25N3O2/c1-22-15-17(14-21-22)7-8-20(24)23-11-9-16(10-12-23)13-18-5-3-4-6-19(18)25-2/h3-8,14-16H,9-13H2,1-2H3/b8-7-. The van der Waals surface area contributed by atoms with Gasteiger partial charge in [-0.1, -0.05) is 18.2 Å². The SMILES string of the molecule is COc1ccccc1CC1CCN(C(=O)/C=C\c2cnn(C)c2)CC1. The van der Waals surface area contributed by atoms with E-state index in [9.17, 15) is 4.79 Å². The number of carbonyl (C=O) groups excluding carboxylic acids is 1. The van der Waals surface area contributed by atoms with Crippen LogP contribution in [-0.4, -0.2) is 40.8 Å². The minimum atomic E-state index is 0.0830. The Morgan fingerprint density at radius 1 is 1.32 bits per heavy atom. The molecular weight excluding hydrogens is 314 g/mol. The minimum Gasteiger partial charge on any atom is -0.496 e. The molecule has 1 aromatic carbocycles. The third-order valence-electron chi connectivity index (χ3n) is 4.77. The van der Waals surface area contributed by atoms with Crippen LogP contribution >= 0.6 is 0 Å². The average molecular weight is 339 g/mol. The molecule has 0 spiro atoms. The van der Waals surface area contributed by atoms with Crippen molar-refractivity contribution in [1.82, 2.24) is 14.7 Å². The number of hydrogen-bond donors (Lipinski definition) is 0.